The van der Waals surface area contributed by atoms with Crippen LogP contribution in [0.4, 0.5) is 4.39 Å². The Morgan fingerprint density at radius 3 is 2.22 bits per heavy atom. The van der Waals surface area contributed by atoms with Crippen LogP contribution >= 0.6 is 15.9 Å². The van der Waals surface area contributed by atoms with Gasteiger partial charge in [-0.05, 0) is 67.6 Å². The number of hydrogen-bond acceptors (Lipinski definition) is 5. The van der Waals surface area contributed by atoms with Gasteiger partial charge in [0.05, 0.1) is 27.5 Å². The zero-order chi connectivity index (χ0) is 25.4. The number of para-hydroxylation sites is 1. The molecule has 1 atom stereocenters. The second-order valence-electron chi connectivity index (χ2n) is 8.67. The molecule has 1 fully saturated rings. The maximum Gasteiger partial charge on any atom is 0.266 e. The lowest BCUT2D eigenvalue weighted by Gasteiger charge is -2.37. The van der Waals surface area contributed by atoms with Crippen molar-refractivity contribution in [3.05, 3.63) is 99.3 Å². The van der Waals surface area contributed by atoms with Crippen molar-refractivity contribution in [2.45, 2.75) is 17.9 Å². The number of piperazine rings is 1. The average Bonchev–Trinajstić information content (AvgIpc) is 2.89. The molecule has 0 saturated carbocycles. The van der Waals surface area contributed by atoms with Gasteiger partial charge in [0.25, 0.3) is 5.56 Å². The molecule has 10 heteroatoms. The fraction of sp³-hybridized carbons (Fsp3) is 0.231. The van der Waals surface area contributed by atoms with Gasteiger partial charge in [0, 0.05) is 30.7 Å². The summed E-state index contributed by atoms with van der Waals surface area (Å²) in [7, 11) is -3.72. The second kappa shape index (κ2) is 9.85. The summed E-state index contributed by atoms with van der Waals surface area (Å²) in [5.74, 6) is 0.114. The first-order chi connectivity index (χ1) is 17.3. The van der Waals surface area contributed by atoms with Gasteiger partial charge in [-0.25, -0.2) is 17.8 Å². The highest BCUT2D eigenvalue weighted by Crippen LogP contribution is 2.26. The van der Waals surface area contributed by atoms with E-state index in [1.165, 1.54) is 16.4 Å². The van der Waals surface area contributed by atoms with E-state index >= 15 is 0 Å². The third kappa shape index (κ3) is 4.61. The van der Waals surface area contributed by atoms with Crippen molar-refractivity contribution in [2.75, 3.05) is 26.2 Å². The van der Waals surface area contributed by atoms with Crippen LogP contribution in [0.25, 0.3) is 16.6 Å². The standard InChI is InChI=1S/C26H24BrFN4O3S/c1-18(30-14-16-31(17-15-30)36(34,35)22-12-8-20(28)9-13-22)25-29-24-5-3-2-4-23(24)26(33)32(25)21-10-6-19(27)7-11-21/h2-13,18H,14-17H2,1H3. The molecule has 0 N–H and O–H groups in total. The molecule has 0 bridgehead atoms. The summed E-state index contributed by atoms with van der Waals surface area (Å²) >= 11 is 3.44. The van der Waals surface area contributed by atoms with Crippen molar-refractivity contribution < 1.29 is 12.8 Å². The molecule has 1 unspecified atom stereocenters. The Balaban J connectivity index is 1.46. The van der Waals surface area contributed by atoms with Gasteiger partial charge in [-0.15, -0.1) is 0 Å². The van der Waals surface area contributed by atoms with Crippen LogP contribution in [-0.4, -0.2) is 53.4 Å². The zero-order valence-corrected chi connectivity index (χ0v) is 21.9. The monoisotopic (exact) mass is 570 g/mol. The van der Waals surface area contributed by atoms with Crippen molar-refractivity contribution >= 4 is 36.9 Å². The molecule has 0 spiro atoms. The van der Waals surface area contributed by atoms with E-state index in [9.17, 15) is 17.6 Å². The fourth-order valence-electron chi connectivity index (χ4n) is 4.52. The molecule has 1 saturated heterocycles. The molecule has 7 nitrogen and oxygen atoms in total. The number of fused-ring (bicyclic) bond motifs is 1. The molecule has 5 rings (SSSR count). The summed E-state index contributed by atoms with van der Waals surface area (Å²) in [6.07, 6.45) is 0. The lowest BCUT2D eigenvalue weighted by Crippen LogP contribution is -2.49. The third-order valence-electron chi connectivity index (χ3n) is 6.53. The highest BCUT2D eigenvalue weighted by atomic mass is 79.9. The summed E-state index contributed by atoms with van der Waals surface area (Å²) in [6, 6.07) is 19.4. The molecule has 3 aromatic carbocycles. The topological polar surface area (TPSA) is 75.5 Å². The van der Waals surface area contributed by atoms with Crippen LogP contribution in [0.2, 0.25) is 0 Å². The van der Waals surface area contributed by atoms with E-state index in [0.717, 1.165) is 16.6 Å². The van der Waals surface area contributed by atoms with Crippen LogP contribution in [-0.2, 0) is 10.0 Å². The van der Waals surface area contributed by atoms with Gasteiger partial charge in [-0.2, -0.15) is 4.31 Å². The van der Waals surface area contributed by atoms with E-state index in [-0.39, 0.29) is 29.6 Å². The van der Waals surface area contributed by atoms with Crippen LogP contribution in [0.1, 0.15) is 18.8 Å². The smallest absolute Gasteiger partial charge is 0.266 e. The number of nitrogens with zero attached hydrogens (tertiary/aromatic N) is 4. The molecular formula is C26H24BrFN4O3S. The first-order valence-corrected chi connectivity index (χ1v) is 13.8. The largest absolute Gasteiger partial charge is 0.291 e. The first kappa shape index (κ1) is 24.8. The maximum atomic E-state index is 13.6. The van der Waals surface area contributed by atoms with E-state index in [1.807, 2.05) is 49.4 Å². The summed E-state index contributed by atoms with van der Waals surface area (Å²) < 4.78 is 43.3. The summed E-state index contributed by atoms with van der Waals surface area (Å²) in [6.45, 7) is 3.46. The van der Waals surface area contributed by atoms with Gasteiger partial charge >= 0.3 is 0 Å². The predicted octanol–water partition coefficient (Wildman–Crippen LogP) is 4.35. The Kier molecular flexibility index (Phi) is 6.78. The van der Waals surface area contributed by atoms with Crippen molar-refractivity contribution in [3.63, 3.8) is 0 Å². The highest BCUT2D eigenvalue weighted by molar-refractivity contribution is 9.10. The maximum absolute atomic E-state index is 13.6. The van der Waals surface area contributed by atoms with Gasteiger partial charge in [0.2, 0.25) is 10.0 Å². The minimum atomic E-state index is -3.72. The minimum absolute atomic E-state index is 0.0747. The van der Waals surface area contributed by atoms with Crippen molar-refractivity contribution in [3.8, 4) is 5.69 Å². The van der Waals surface area contributed by atoms with Crippen LogP contribution < -0.4 is 5.56 Å². The Hall–Kier alpha value is -2.92. The van der Waals surface area contributed by atoms with Crippen molar-refractivity contribution in [1.29, 1.82) is 0 Å². The Morgan fingerprint density at radius 2 is 1.56 bits per heavy atom. The number of rotatable bonds is 5. The number of halogens is 2. The molecule has 4 aromatic rings. The lowest BCUT2D eigenvalue weighted by atomic mass is 10.1. The Morgan fingerprint density at radius 1 is 0.917 bits per heavy atom. The molecule has 1 aliphatic heterocycles. The van der Waals surface area contributed by atoms with E-state index < -0.39 is 15.8 Å². The zero-order valence-electron chi connectivity index (χ0n) is 19.5. The van der Waals surface area contributed by atoms with Gasteiger partial charge < -0.3 is 0 Å². The molecule has 0 amide bonds. The predicted molar refractivity (Wildman–Crippen MR) is 140 cm³/mol. The van der Waals surface area contributed by atoms with E-state index in [2.05, 4.69) is 20.8 Å². The quantitative estimate of drug-likeness (QED) is 0.356. The van der Waals surface area contributed by atoms with Gasteiger partial charge in [-0.3, -0.25) is 14.3 Å². The Bertz CT molecular complexity index is 1570. The summed E-state index contributed by atoms with van der Waals surface area (Å²) in [4.78, 5) is 20.6. The summed E-state index contributed by atoms with van der Waals surface area (Å²) in [5, 5.41) is 0.534. The molecule has 36 heavy (non-hydrogen) atoms. The molecule has 186 valence electrons. The minimum Gasteiger partial charge on any atom is -0.291 e. The number of benzene rings is 3. The van der Waals surface area contributed by atoms with E-state index in [1.54, 1.807) is 10.6 Å². The van der Waals surface area contributed by atoms with Gasteiger partial charge in [0.1, 0.15) is 11.6 Å². The molecular weight excluding hydrogens is 547 g/mol. The van der Waals surface area contributed by atoms with Crippen LogP contribution in [0.15, 0.2) is 87.0 Å². The van der Waals surface area contributed by atoms with Crippen LogP contribution in [0.5, 0.6) is 0 Å². The Labute approximate surface area is 217 Å². The summed E-state index contributed by atoms with van der Waals surface area (Å²) in [5.41, 5.74) is 1.18. The van der Waals surface area contributed by atoms with Gasteiger partial charge in [-0.1, -0.05) is 28.1 Å². The van der Waals surface area contributed by atoms with Crippen molar-refractivity contribution in [2.24, 2.45) is 0 Å². The van der Waals surface area contributed by atoms with E-state index in [0.29, 0.717) is 35.5 Å². The fourth-order valence-corrected chi connectivity index (χ4v) is 6.21. The number of aromatic nitrogens is 2. The number of sulfonamides is 1. The van der Waals surface area contributed by atoms with Crippen LogP contribution in [0.3, 0.4) is 0 Å². The normalized spacial score (nSPS) is 16.3. The molecule has 2 heterocycles. The van der Waals surface area contributed by atoms with Crippen LogP contribution in [0, 0.1) is 5.82 Å². The number of hydrogen-bond donors (Lipinski definition) is 0. The second-order valence-corrected chi connectivity index (χ2v) is 11.5. The molecule has 1 aliphatic rings. The van der Waals surface area contributed by atoms with Crippen molar-refractivity contribution in [1.82, 2.24) is 18.8 Å². The van der Waals surface area contributed by atoms with E-state index in [4.69, 9.17) is 4.98 Å². The average molecular weight is 571 g/mol. The third-order valence-corrected chi connectivity index (χ3v) is 8.97. The molecule has 1 aromatic heterocycles. The lowest BCUT2D eigenvalue weighted by molar-refractivity contribution is 0.140. The molecule has 0 radical (unpaired) electrons. The SMILES string of the molecule is CC(c1nc2ccccc2c(=O)n1-c1ccc(Br)cc1)N1CCN(S(=O)(=O)c2ccc(F)cc2)CC1. The first-order valence-electron chi connectivity index (χ1n) is 11.5. The van der Waals surface area contributed by atoms with Gasteiger partial charge in [0.15, 0.2) is 0 Å². The highest BCUT2D eigenvalue weighted by Gasteiger charge is 2.32. The molecule has 0 aliphatic carbocycles.